The number of benzene rings is 1. The van der Waals surface area contributed by atoms with Gasteiger partial charge in [0.15, 0.2) is 0 Å². The lowest BCUT2D eigenvalue weighted by molar-refractivity contribution is -0.143. The van der Waals surface area contributed by atoms with Gasteiger partial charge >= 0.3 is 5.97 Å². The van der Waals surface area contributed by atoms with E-state index < -0.39 is 5.97 Å². The molecule has 1 saturated carbocycles. The molecule has 0 amide bonds. The molecule has 1 aliphatic carbocycles. The molecule has 3 atom stereocenters. The summed E-state index contributed by atoms with van der Waals surface area (Å²) in [4.78, 5) is 11.5. The second kappa shape index (κ2) is 8.18. The first-order chi connectivity index (χ1) is 13.2. The van der Waals surface area contributed by atoms with Gasteiger partial charge in [0.25, 0.3) is 0 Å². The van der Waals surface area contributed by atoms with Gasteiger partial charge in [0, 0.05) is 17.4 Å². The van der Waals surface area contributed by atoms with Crippen LogP contribution in [0.15, 0.2) is 24.5 Å². The van der Waals surface area contributed by atoms with E-state index in [0.29, 0.717) is 24.4 Å². The van der Waals surface area contributed by atoms with Crippen LogP contribution in [0.4, 0.5) is 0 Å². The highest BCUT2D eigenvalue weighted by molar-refractivity contribution is 5.70. The van der Waals surface area contributed by atoms with Crippen LogP contribution in [0.3, 0.4) is 0 Å². The Hall–Kier alpha value is -1.97. The molecule has 2 aliphatic rings. The fourth-order valence-corrected chi connectivity index (χ4v) is 4.91. The summed E-state index contributed by atoms with van der Waals surface area (Å²) in [5.41, 5.74) is 1.78. The van der Waals surface area contributed by atoms with Crippen molar-refractivity contribution in [2.75, 3.05) is 0 Å². The van der Waals surface area contributed by atoms with Crippen molar-refractivity contribution in [1.29, 1.82) is 0 Å². The maximum Gasteiger partial charge on any atom is 0.306 e. The van der Waals surface area contributed by atoms with Crippen molar-refractivity contribution in [3.05, 3.63) is 35.6 Å². The highest BCUT2D eigenvalue weighted by atomic mass is 16.5. The van der Waals surface area contributed by atoms with Gasteiger partial charge in [0.05, 0.1) is 5.92 Å². The highest BCUT2D eigenvalue weighted by Crippen LogP contribution is 2.54. The highest BCUT2D eigenvalue weighted by Gasteiger charge is 2.42. The number of unbranched alkanes of at least 4 members (excludes halogenated alkanes) is 3. The Labute approximate surface area is 168 Å². The number of carbonyl (C=O) groups is 1. The van der Waals surface area contributed by atoms with E-state index in [4.69, 9.17) is 4.74 Å². The molecule has 0 unspecified atom stereocenters. The molecule has 4 heteroatoms. The van der Waals surface area contributed by atoms with Crippen LogP contribution in [-0.2, 0) is 10.2 Å². The molecule has 154 valence electrons. The Morgan fingerprint density at radius 1 is 1.21 bits per heavy atom. The first-order valence-electron chi connectivity index (χ1n) is 10.7. The Balaban J connectivity index is 1.89. The topological polar surface area (TPSA) is 66.8 Å². The molecule has 1 aliphatic heterocycles. The number of hydrogen-bond donors (Lipinski definition) is 2. The molecule has 1 heterocycles. The molecule has 1 aromatic rings. The van der Waals surface area contributed by atoms with Crippen LogP contribution in [0.25, 0.3) is 0 Å². The first-order valence-corrected chi connectivity index (χ1v) is 10.7. The number of carboxylic acids is 1. The van der Waals surface area contributed by atoms with E-state index in [9.17, 15) is 15.0 Å². The van der Waals surface area contributed by atoms with E-state index in [1.165, 1.54) is 19.3 Å². The van der Waals surface area contributed by atoms with Crippen LogP contribution in [0.5, 0.6) is 11.5 Å². The Bertz CT molecular complexity index is 749. The van der Waals surface area contributed by atoms with E-state index in [0.717, 1.165) is 30.4 Å². The largest absolute Gasteiger partial charge is 0.508 e. The predicted molar refractivity (Wildman–Crippen MR) is 111 cm³/mol. The van der Waals surface area contributed by atoms with Crippen molar-refractivity contribution in [1.82, 2.24) is 0 Å². The summed E-state index contributed by atoms with van der Waals surface area (Å²) in [5.74, 6) is 0.542. The molecule has 28 heavy (non-hydrogen) atoms. The maximum atomic E-state index is 11.5. The number of fused-ring (bicyclic) bond motifs is 3. The van der Waals surface area contributed by atoms with Gasteiger partial charge < -0.3 is 14.9 Å². The van der Waals surface area contributed by atoms with Gasteiger partial charge in [-0.2, -0.15) is 0 Å². The van der Waals surface area contributed by atoms with E-state index in [1.54, 1.807) is 0 Å². The number of carboxylic acid groups (broad SMARTS) is 1. The molecule has 4 nitrogen and oxygen atoms in total. The molecule has 0 saturated heterocycles. The summed E-state index contributed by atoms with van der Waals surface area (Å²) < 4.78 is 6.05. The minimum absolute atomic E-state index is 0.0344. The molecule has 0 bridgehead atoms. The summed E-state index contributed by atoms with van der Waals surface area (Å²) in [7, 11) is 0. The number of aromatic hydroxyl groups is 1. The van der Waals surface area contributed by atoms with Crippen molar-refractivity contribution >= 4 is 5.97 Å². The molecule has 3 rings (SSSR count). The summed E-state index contributed by atoms with van der Waals surface area (Å²) >= 11 is 0. The summed E-state index contributed by atoms with van der Waals surface area (Å²) in [6.07, 6.45) is 7.82. The van der Waals surface area contributed by atoms with Crippen LogP contribution in [-0.4, -0.2) is 16.2 Å². The first kappa shape index (κ1) is 20.8. The smallest absolute Gasteiger partial charge is 0.306 e. The van der Waals surface area contributed by atoms with Crippen molar-refractivity contribution < 1.29 is 19.7 Å². The van der Waals surface area contributed by atoms with E-state index in [-0.39, 0.29) is 28.9 Å². The number of phenols is 1. The molecular formula is C24H34O4. The number of hydrogen-bond acceptors (Lipinski definition) is 3. The van der Waals surface area contributed by atoms with Crippen molar-refractivity contribution in [3.8, 4) is 11.5 Å². The van der Waals surface area contributed by atoms with Crippen LogP contribution in [0.1, 0.15) is 89.2 Å². The van der Waals surface area contributed by atoms with Gasteiger partial charge in [-0.3, -0.25) is 4.79 Å². The van der Waals surface area contributed by atoms with E-state index in [2.05, 4.69) is 27.4 Å². The third kappa shape index (κ3) is 4.06. The summed E-state index contributed by atoms with van der Waals surface area (Å²) in [6.45, 7) is 10.7. The average molecular weight is 387 g/mol. The van der Waals surface area contributed by atoms with Gasteiger partial charge in [0.1, 0.15) is 17.3 Å². The fraction of sp³-hybridized carbons (Fsp3) is 0.625. The lowest BCUT2D eigenvalue weighted by atomic mass is 9.68. The monoisotopic (exact) mass is 386 g/mol. The Morgan fingerprint density at radius 3 is 2.64 bits per heavy atom. The SMILES string of the molecule is C=C1Oc2cc(C(C)(C)CCCCCC)cc(O)c2[C@@H]2C[C@H](C(=O)O)CC[C@@H]12. The number of rotatable bonds is 7. The normalized spacial score (nSPS) is 24.2. The molecule has 1 fully saturated rings. The minimum Gasteiger partial charge on any atom is -0.508 e. The van der Waals surface area contributed by atoms with Crippen LogP contribution in [0, 0.1) is 11.8 Å². The zero-order valence-corrected chi connectivity index (χ0v) is 17.5. The summed E-state index contributed by atoms with van der Waals surface area (Å²) in [6, 6.07) is 3.91. The number of aliphatic carboxylic acids is 1. The zero-order valence-electron chi connectivity index (χ0n) is 17.5. The Morgan fingerprint density at radius 2 is 1.96 bits per heavy atom. The summed E-state index contributed by atoms with van der Waals surface area (Å²) in [5, 5.41) is 20.4. The molecule has 1 aromatic carbocycles. The zero-order chi connectivity index (χ0) is 20.5. The minimum atomic E-state index is -0.749. The molecule has 2 N–H and O–H groups in total. The van der Waals surface area contributed by atoms with Gasteiger partial charge in [-0.15, -0.1) is 0 Å². The molecular weight excluding hydrogens is 352 g/mol. The number of phenolic OH excluding ortho intramolecular Hbond substituents is 1. The standard InChI is InChI=1S/C24H34O4/c1-5-6-7-8-11-24(3,4)17-13-20(25)22-19-12-16(23(26)27)9-10-18(19)15(2)28-21(22)14-17/h13-14,16,18-19,25H,2,5-12H2,1,3-4H3,(H,26,27)/t16-,18+,19-/m1/s1. The fourth-order valence-electron chi connectivity index (χ4n) is 4.91. The van der Waals surface area contributed by atoms with Gasteiger partial charge in [-0.1, -0.05) is 53.0 Å². The molecule has 0 aromatic heterocycles. The quantitative estimate of drug-likeness (QED) is 0.553. The third-order valence-corrected chi connectivity index (χ3v) is 6.78. The number of ether oxygens (including phenoxy) is 1. The van der Waals surface area contributed by atoms with E-state index in [1.807, 2.05) is 12.1 Å². The van der Waals surface area contributed by atoms with Crippen molar-refractivity contribution in [3.63, 3.8) is 0 Å². The van der Waals surface area contributed by atoms with Gasteiger partial charge in [-0.05, 0) is 48.8 Å². The van der Waals surface area contributed by atoms with E-state index >= 15 is 0 Å². The maximum absolute atomic E-state index is 11.5. The van der Waals surface area contributed by atoms with Gasteiger partial charge in [-0.25, -0.2) is 0 Å². The van der Waals surface area contributed by atoms with Crippen LogP contribution in [0.2, 0.25) is 0 Å². The second-order valence-corrected chi connectivity index (χ2v) is 9.23. The number of allylic oxidation sites excluding steroid dienone is 1. The van der Waals surface area contributed by atoms with Gasteiger partial charge in [0.2, 0.25) is 0 Å². The van der Waals surface area contributed by atoms with Crippen molar-refractivity contribution in [2.45, 2.75) is 83.5 Å². The average Bonchev–Trinajstić information content (AvgIpc) is 2.64. The lowest BCUT2D eigenvalue weighted by Crippen LogP contribution is -2.33. The molecule has 0 spiro atoms. The van der Waals surface area contributed by atoms with Crippen LogP contribution < -0.4 is 4.74 Å². The lowest BCUT2D eigenvalue weighted by Gasteiger charge is -2.41. The predicted octanol–water partition coefficient (Wildman–Crippen LogP) is 6.13. The van der Waals surface area contributed by atoms with Crippen LogP contribution >= 0.6 is 0 Å². The molecule has 0 radical (unpaired) electrons. The van der Waals surface area contributed by atoms with Crippen molar-refractivity contribution in [2.24, 2.45) is 11.8 Å². The Kier molecular flexibility index (Phi) is 6.07. The second-order valence-electron chi connectivity index (χ2n) is 9.23. The third-order valence-electron chi connectivity index (χ3n) is 6.78.